The molecule has 22 heavy (non-hydrogen) atoms. The van der Waals surface area contributed by atoms with Crippen molar-refractivity contribution in [2.75, 3.05) is 13.1 Å². The molecule has 1 heterocycles. The second-order valence-electron chi connectivity index (χ2n) is 6.78. The van der Waals surface area contributed by atoms with Crippen LogP contribution in [0.4, 0.5) is 4.39 Å². The minimum Gasteiger partial charge on any atom is -0.349 e. The lowest BCUT2D eigenvalue weighted by Crippen LogP contribution is -2.34. The molecule has 1 spiro atoms. The molecule has 1 saturated carbocycles. The lowest BCUT2D eigenvalue weighted by Gasteiger charge is -2.23. The largest absolute Gasteiger partial charge is 0.349 e. The van der Waals surface area contributed by atoms with Crippen molar-refractivity contribution in [2.45, 2.75) is 38.1 Å². The number of carbonyl (C=O) groups excluding carboxylic acids is 1. The molecule has 0 aromatic heterocycles. The van der Waals surface area contributed by atoms with Gasteiger partial charge in [-0.15, -0.1) is 12.4 Å². The molecule has 0 radical (unpaired) electrons. The smallest absolute Gasteiger partial charge is 0.224 e. The van der Waals surface area contributed by atoms with Gasteiger partial charge in [-0.25, -0.2) is 4.39 Å². The first-order valence-corrected chi connectivity index (χ1v) is 7.98. The highest BCUT2D eigenvalue weighted by molar-refractivity contribution is 5.85. The highest BCUT2D eigenvalue weighted by Gasteiger charge is 2.57. The lowest BCUT2D eigenvalue weighted by atomic mass is 9.91. The van der Waals surface area contributed by atoms with E-state index in [1.807, 2.05) is 6.07 Å². The lowest BCUT2D eigenvalue weighted by molar-refractivity contribution is -0.124. The van der Waals surface area contributed by atoms with Gasteiger partial charge in [0.15, 0.2) is 0 Å². The van der Waals surface area contributed by atoms with Crippen molar-refractivity contribution in [3.63, 3.8) is 0 Å². The molecule has 3 aliphatic rings. The zero-order valence-corrected chi connectivity index (χ0v) is 13.3. The molecule has 3 nitrogen and oxygen atoms in total. The topological polar surface area (TPSA) is 41.1 Å². The number of piperidine rings is 1. The van der Waals surface area contributed by atoms with Crippen molar-refractivity contribution in [2.24, 2.45) is 11.3 Å². The summed E-state index contributed by atoms with van der Waals surface area (Å²) in [7, 11) is 0. The molecule has 0 bridgehead atoms. The van der Waals surface area contributed by atoms with Gasteiger partial charge in [0, 0.05) is 5.92 Å². The van der Waals surface area contributed by atoms with Crippen LogP contribution in [0.5, 0.6) is 0 Å². The van der Waals surface area contributed by atoms with Crippen molar-refractivity contribution >= 4 is 18.3 Å². The summed E-state index contributed by atoms with van der Waals surface area (Å²) in [5.74, 6) is 0.224. The Morgan fingerprint density at radius 1 is 1.32 bits per heavy atom. The molecule has 2 unspecified atom stereocenters. The monoisotopic (exact) mass is 324 g/mol. The fourth-order valence-electron chi connectivity index (χ4n) is 4.23. The van der Waals surface area contributed by atoms with E-state index in [4.69, 9.17) is 0 Å². The van der Waals surface area contributed by atoms with Crippen LogP contribution < -0.4 is 10.6 Å². The molecule has 4 rings (SSSR count). The van der Waals surface area contributed by atoms with Gasteiger partial charge in [0.05, 0.1) is 6.04 Å². The van der Waals surface area contributed by atoms with E-state index in [2.05, 4.69) is 10.6 Å². The summed E-state index contributed by atoms with van der Waals surface area (Å²) in [4.78, 5) is 12.5. The number of amides is 1. The molecule has 2 aliphatic carbocycles. The maximum atomic E-state index is 13.7. The maximum Gasteiger partial charge on any atom is 0.224 e. The van der Waals surface area contributed by atoms with Crippen molar-refractivity contribution in [1.29, 1.82) is 0 Å². The molecule has 120 valence electrons. The highest BCUT2D eigenvalue weighted by atomic mass is 35.5. The molecule has 2 fully saturated rings. The first-order valence-electron chi connectivity index (χ1n) is 7.98. The van der Waals surface area contributed by atoms with E-state index in [9.17, 15) is 9.18 Å². The zero-order valence-electron chi connectivity index (χ0n) is 12.5. The number of benzene rings is 1. The fraction of sp³-hybridized carbons (Fsp3) is 0.588. The van der Waals surface area contributed by atoms with Gasteiger partial charge >= 0.3 is 0 Å². The SMILES string of the molecule is Cl.O=C(NC1CCc2c(F)cccc21)C1CC12CCNCC2. The Balaban J connectivity index is 0.00000144. The summed E-state index contributed by atoms with van der Waals surface area (Å²) in [5, 5.41) is 6.53. The van der Waals surface area contributed by atoms with Crippen molar-refractivity contribution < 1.29 is 9.18 Å². The molecular weight excluding hydrogens is 303 g/mol. The molecular formula is C17H22ClFN2O. The minimum atomic E-state index is -0.134. The number of hydrogen-bond acceptors (Lipinski definition) is 2. The quantitative estimate of drug-likeness (QED) is 0.878. The number of fused-ring (bicyclic) bond motifs is 1. The number of hydrogen-bond donors (Lipinski definition) is 2. The average molecular weight is 325 g/mol. The third kappa shape index (κ3) is 2.52. The molecule has 1 saturated heterocycles. The van der Waals surface area contributed by atoms with E-state index in [1.165, 1.54) is 6.07 Å². The molecule has 5 heteroatoms. The van der Waals surface area contributed by atoms with Gasteiger partial charge in [-0.3, -0.25) is 4.79 Å². The van der Waals surface area contributed by atoms with Crippen LogP contribution in [-0.4, -0.2) is 19.0 Å². The van der Waals surface area contributed by atoms with Crippen LogP contribution in [0.1, 0.15) is 42.9 Å². The van der Waals surface area contributed by atoms with Crippen LogP contribution in [0.15, 0.2) is 18.2 Å². The van der Waals surface area contributed by atoms with Gasteiger partial charge in [-0.1, -0.05) is 12.1 Å². The first-order chi connectivity index (χ1) is 10.2. The van der Waals surface area contributed by atoms with Crippen molar-refractivity contribution in [3.05, 3.63) is 35.1 Å². The normalized spacial score (nSPS) is 27.9. The third-order valence-electron chi connectivity index (χ3n) is 5.64. The van der Waals surface area contributed by atoms with E-state index in [1.54, 1.807) is 6.07 Å². The number of rotatable bonds is 2. The summed E-state index contributed by atoms with van der Waals surface area (Å²) in [6, 6.07) is 5.20. The Hall–Kier alpha value is -1.13. The standard InChI is InChI=1S/C17H21FN2O.ClH/c18-14-3-1-2-12-11(14)4-5-15(12)20-16(21)13-10-17(13)6-8-19-9-7-17;/h1-3,13,15,19H,4-10H2,(H,20,21);1H. The Kier molecular flexibility index (Phi) is 4.17. The van der Waals surface area contributed by atoms with Crippen LogP contribution in [0.2, 0.25) is 0 Å². The fourth-order valence-corrected chi connectivity index (χ4v) is 4.23. The molecule has 2 N–H and O–H groups in total. The molecule has 1 aromatic rings. The van der Waals surface area contributed by atoms with Crippen LogP contribution >= 0.6 is 12.4 Å². The number of nitrogens with one attached hydrogen (secondary N) is 2. The Morgan fingerprint density at radius 2 is 2.09 bits per heavy atom. The van der Waals surface area contributed by atoms with E-state index in [0.717, 1.165) is 56.3 Å². The number of halogens is 2. The zero-order chi connectivity index (χ0) is 14.4. The molecule has 1 aromatic carbocycles. The van der Waals surface area contributed by atoms with Gasteiger partial charge in [0.2, 0.25) is 5.91 Å². The second kappa shape index (κ2) is 5.82. The van der Waals surface area contributed by atoms with E-state index < -0.39 is 0 Å². The van der Waals surface area contributed by atoms with Crippen LogP contribution in [0, 0.1) is 17.2 Å². The predicted octanol–water partition coefficient (Wildman–Crippen LogP) is 2.74. The van der Waals surface area contributed by atoms with Crippen LogP contribution in [0.3, 0.4) is 0 Å². The summed E-state index contributed by atoms with van der Waals surface area (Å²) >= 11 is 0. The highest BCUT2D eigenvalue weighted by Crippen LogP contribution is 2.58. The average Bonchev–Trinajstić information content (AvgIpc) is 3.01. The van der Waals surface area contributed by atoms with Gasteiger partial charge < -0.3 is 10.6 Å². The predicted molar refractivity (Wildman–Crippen MR) is 85.5 cm³/mol. The van der Waals surface area contributed by atoms with Gasteiger partial charge in [0.1, 0.15) is 5.82 Å². The molecule has 1 aliphatic heterocycles. The van der Waals surface area contributed by atoms with Gasteiger partial charge in [-0.05, 0) is 67.8 Å². The number of carbonyl (C=O) groups is 1. The molecule has 2 atom stereocenters. The van der Waals surface area contributed by atoms with E-state index in [-0.39, 0.29) is 41.5 Å². The Bertz CT molecular complexity index is 586. The van der Waals surface area contributed by atoms with Gasteiger partial charge in [0.25, 0.3) is 0 Å². The summed E-state index contributed by atoms with van der Waals surface area (Å²) in [6.07, 6.45) is 4.81. The molecule has 1 amide bonds. The Labute approximate surface area is 136 Å². The van der Waals surface area contributed by atoms with Gasteiger partial charge in [-0.2, -0.15) is 0 Å². The van der Waals surface area contributed by atoms with Crippen molar-refractivity contribution in [3.8, 4) is 0 Å². The maximum absolute atomic E-state index is 13.7. The van der Waals surface area contributed by atoms with Crippen LogP contribution in [0.25, 0.3) is 0 Å². The van der Waals surface area contributed by atoms with Crippen molar-refractivity contribution in [1.82, 2.24) is 10.6 Å². The van der Waals surface area contributed by atoms with E-state index in [0.29, 0.717) is 0 Å². The summed E-state index contributed by atoms with van der Waals surface area (Å²) in [6.45, 7) is 2.06. The first kappa shape index (κ1) is 15.8. The summed E-state index contributed by atoms with van der Waals surface area (Å²) in [5.41, 5.74) is 2.03. The van der Waals surface area contributed by atoms with Crippen LogP contribution in [-0.2, 0) is 11.2 Å². The summed E-state index contributed by atoms with van der Waals surface area (Å²) < 4.78 is 13.7. The second-order valence-corrected chi connectivity index (χ2v) is 6.78. The Morgan fingerprint density at radius 3 is 2.86 bits per heavy atom. The minimum absolute atomic E-state index is 0. The van der Waals surface area contributed by atoms with E-state index >= 15 is 0 Å². The third-order valence-corrected chi connectivity index (χ3v) is 5.64.